The second-order valence-corrected chi connectivity index (χ2v) is 7.81. The van der Waals surface area contributed by atoms with Crippen LogP contribution >= 0.6 is 0 Å². The highest BCUT2D eigenvalue weighted by Gasteiger charge is 2.29. The number of β-amino-alcohol motifs (C(OH)–C–C–N with tert-alkyl or cyclic N) is 1. The lowest BCUT2D eigenvalue weighted by atomic mass is 10.0. The number of aromatic nitrogens is 3. The predicted molar refractivity (Wildman–Crippen MR) is 111 cm³/mol. The number of aliphatic hydroxyl groups is 1. The number of rotatable bonds is 5. The van der Waals surface area contributed by atoms with E-state index in [1.165, 1.54) is 4.57 Å². The van der Waals surface area contributed by atoms with E-state index in [4.69, 9.17) is 0 Å². The topological polar surface area (TPSA) is 100 Å². The first-order chi connectivity index (χ1) is 13.8. The van der Waals surface area contributed by atoms with Gasteiger partial charge in [-0.3, -0.25) is 9.59 Å². The predicted octanol–water partition coefficient (Wildman–Crippen LogP) is 1.11. The van der Waals surface area contributed by atoms with Crippen LogP contribution in [0.1, 0.15) is 46.9 Å². The van der Waals surface area contributed by atoms with Gasteiger partial charge in [0.2, 0.25) is 5.95 Å². The average Bonchev–Trinajstić information content (AvgIpc) is 2.66. The third-order valence-corrected chi connectivity index (χ3v) is 5.37. The van der Waals surface area contributed by atoms with Crippen molar-refractivity contribution in [3.63, 3.8) is 0 Å². The van der Waals surface area contributed by atoms with Crippen molar-refractivity contribution in [2.45, 2.75) is 52.2 Å². The molecule has 29 heavy (non-hydrogen) atoms. The molecule has 1 amide bonds. The number of nitrogens with one attached hydrogen (secondary N) is 1. The molecule has 1 saturated heterocycles. The van der Waals surface area contributed by atoms with Crippen molar-refractivity contribution in [1.29, 1.82) is 0 Å². The van der Waals surface area contributed by atoms with Crippen LogP contribution in [0.2, 0.25) is 0 Å². The van der Waals surface area contributed by atoms with Gasteiger partial charge in [-0.25, -0.2) is 9.97 Å². The maximum absolute atomic E-state index is 12.8. The van der Waals surface area contributed by atoms with E-state index >= 15 is 0 Å². The summed E-state index contributed by atoms with van der Waals surface area (Å²) in [5.41, 5.74) is 2.34. The largest absolute Gasteiger partial charge is 0.391 e. The zero-order valence-corrected chi connectivity index (χ0v) is 17.5. The number of hydrogen-bond acceptors (Lipinski definition) is 6. The Labute approximate surface area is 170 Å². The highest BCUT2D eigenvalue weighted by molar-refractivity contribution is 5.95. The number of carbonyl (C=O) groups excluding carboxylic acids is 1. The molecule has 3 heterocycles. The smallest absolute Gasteiger partial charge is 0.263 e. The molecule has 0 spiro atoms. The van der Waals surface area contributed by atoms with Gasteiger partial charge in [0, 0.05) is 44.3 Å². The highest BCUT2D eigenvalue weighted by atomic mass is 16.3. The zero-order valence-electron chi connectivity index (χ0n) is 17.5. The molecule has 0 radical (unpaired) electrons. The number of anilines is 1. The Bertz CT molecular complexity index is 939. The summed E-state index contributed by atoms with van der Waals surface area (Å²) in [6, 6.07) is 1.51. The van der Waals surface area contributed by atoms with Gasteiger partial charge in [0.15, 0.2) is 0 Å². The second kappa shape index (κ2) is 8.73. The van der Waals surface area contributed by atoms with E-state index in [1.54, 1.807) is 26.4 Å². The number of piperidine rings is 1. The van der Waals surface area contributed by atoms with Gasteiger partial charge in [0.1, 0.15) is 5.56 Å². The molecule has 1 aliphatic rings. The third kappa shape index (κ3) is 4.64. The van der Waals surface area contributed by atoms with Crippen LogP contribution in [0.4, 0.5) is 5.95 Å². The monoisotopic (exact) mass is 399 g/mol. The lowest BCUT2D eigenvalue weighted by Crippen LogP contribution is -2.53. The molecular formula is C21H29N5O3. The van der Waals surface area contributed by atoms with Crippen LogP contribution in [0.25, 0.3) is 0 Å². The quantitative estimate of drug-likeness (QED) is 0.781. The van der Waals surface area contributed by atoms with Crippen LogP contribution in [-0.4, -0.2) is 50.8 Å². The second-order valence-electron chi connectivity index (χ2n) is 7.81. The van der Waals surface area contributed by atoms with E-state index in [0.29, 0.717) is 31.0 Å². The lowest BCUT2D eigenvalue weighted by Gasteiger charge is -2.36. The molecular weight excluding hydrogens is 370 g/mol. The van der Waals surface area contributed by atoms with Crippen molar-refractivity contribution in [2.24, 2.45) is 7.05 Å². The first kappa shape index (κ1) is 21.0. The molecule has 0 aromatic carbocycles. The molecule has 156 valence electrons. The average molecular weight is 399 g/mol. The van der Waals surface area contributed by atoms with Gasteiger partial charge in [0.05, 0.1) is 6.10 Å². The third-order valence-electron chi connectivity index (χ3n) is 5.37. The number of pyridine rings is 1. The molecule has 0 aliphatic carbocycles. The van der Waals surface area contributed by atoms with Gasteiger partial charge in [-0.1, -0.05) is 13.3 Å². The molecule has 1 aliphatic heterocycles. The Hall–Kier alpha value is -2.74. The number of aryl methyl sites for hydroxylation is 3. The molecule has 0 saturated carbocycles. The van der Waals surface area contributed by atoms with E-state index in [2.05, 4.69) is 22.2 Å². The molecule has 2 aromatic heterocycles. The molecule has 1 fully saturated rings. The summed E-state index contributed by atoms with van der Waals surface area (Å²) < 4.78 is 1.47. The van der Waals surface area contributed by atoms with Crippen LogP contribution in [0, 0.1) is 13.8 Å². The standard InChI is InChI=1S/C21H29N5O3/c1-5-6-15-9-22-21(23-10-15)26-11-16(8-17(27)12-26)24-19(28)18-13(2)7-14(3)25(4)20(18)29/h7,9-10,16-17,27H,5-6,8,11-12H2,1-4H3,(H,24,28)/t16-,17+/m0/s1. The van der Waals surface area contributed by atoms with Crippen LogP contribution in [0.5, 0.6) is 0 Å². The van der Waals surface area contributed by atoms with E-state index in [0.717, 1.165) is 24.1 Å². The molecule has 2 atom stereocenters. The van der Waals surface area contributed by atoms with Gasteiger partial charge < -0.3 is 19.9 Å². The molecule has 8 heteroatoms. The summed E-state index contributed by atoms with van der Waals surface area (Å²) in [4.78, 5) is 36.1. The van der Waals surface area contributed by atoms with Gasteiger partial charge in [-0.05, 0) is 43.9 Å². The van der Waals surface area contributed by atoms with Crippen molar-refractivity contribution in [3.8, 4) is 0 Å². The molecule has 0 unspecified atom stereocenters. The normalized spacial score (nSPS) is 19.3. The van der Waals surface area contributed by atoms with Crippen molar-refractivity contribution in [3.05, 3.63) is 51.2 Å². The van der Waals surface area contributed by atoms with Crippen molar-refractivity contribution >= 4 is 11.9 Å². The van der Waals surface area contributed by atoms with Crippen molar-refractivity contribution < 1.29 is 9.90 Å². The fourth-order valence-electron chi connectivity index (χ4n) is 3.78. The Kier molecular flexibility index (Phi) is 6.32. The van der Waals surface area contributed by atoms with Gasteiger partial charge >= 0.3 is 0 Å². The number of amides is 1. The fourth-order valence-corrected chi connectivity index (χ4v) is 3.78. The minimum absolute atomic E-state index is 0.143. The Morgan fingerprint density at radius 1 is 1.28 bits per heavy atom. The first-order valence-electron chi connectivity index (χ1n) is 10.0. The molecule has 2 aromatic rings. The molecule has 8 nitrogen and oxygen atoms in total. The minimum Gasteiger partial charge on any atom is -0.391 e. The molecule has 0 bridgehead atoms. The Morgan fingerprint density at radius 2 is 1.97 bits per heavy atom. The van der Waals surface area contributed by atoms with Crippen LogP contribution in [0.15, 0.2) is 23.3 Å². The fraction of sp³-hybridized carbons (Fsp3) is 0.524. The SMILES string of the molecule is CCCc1cnc(N2C[C@H](O)C[C@H](NC(=O)c3c(C)cc(C)n(C)c3=O)C2)nc1. The lowest BCUT2D eigenvalue weighted by molar-refractivity contribution is 0.0891. The number of carbonyl (C=O) groups is 1. The maximum Gasteiger partial charge on any atom is 0.263 e. The number of hydrogen-bond donors (Lipinski definition) is 2. The van der Waals surface area contributed by atoms with Gasteiger partial charge in [-0.2, -0.15) is 0 Å². The summed E-state index contributed by atoms with van der Waals surface area (Å²) >= 11 is 0. The summed E-state index contributed by atoms with van der Waals surface area (Å²) in [5.74, 6) is 0.117. The van der Waals surface area contributed by atoms with Gasteiger partial charge in [0.25, 0.3) is 11.5 Å². The minimum atomic E-state index is -0.616. The maximum atomic E-state index is 12.8. The van der Waals surface area contributed by atoms with Crippen molar-refractivity contribution in [2.75, 3.05) is 18.0 Å². The van der Waals surface area contributed by atoms with E-state index < -0.39 is 12.0 Å². The molecule has 2 N–H and O–H groups in total. The van der Waals surface area contributed by atoms with E-state index in [1.807, 2.05) is 17.9 Å². The summed E-state index contributed by atoms with van der Waals surface area (Å²) in [5, 5.41) is 13.2. The van der Waals surface area contributed by atoms with Gasteiger partial charge in [-0.15, -0.1) is 0 Å². The summed E-state index contributed by atoms with van der Waals surface area (Å²) in [7, 11) is 1.65. The van der Waals surface area contributed by atoms with E-state index in [9.17, 15) is 14.7 Å². The number of nitrogens with zero attached hydrogens (tertiary/aromatic N) is 4. The Morgan fingerprint density at radius 3 is 2.62 bits per heavy atom. The Balaban J connectivity index is 1.75. The van der Waals surface area contributed by atoms with Crippen molar-refractivity contribution in [1.82, 2.24) is 19.9 Å². The van der Waals surface area contributed by atoms with Crippen LogP contribution < -0.4 is 15.8 Å². The van der Waals surface area contributed by atoms with Crippen LogP contribution in [-0.2, 0) is 13.5 Å². The highest BCUT2D eigenvalue weighted by Crippen LogP contribution is 2.17. The van der Waals surface area contributed by atoms with E-state index in [-0.39, 0.29) is 17.2 Å². The first-order valence-corrected chi connectivity index (χ1v) is 10.0. The molecule has 3 rings (SSSR count). The summed E-state index contributed by atoms with van der Waals surface area (Å²) in [6.07, 6.45) is 5.36. The zero-order chi connectivity index (χ0) is 21.1. The van der Waals surface area contributed by atoms with Crippen LogP contribution in [0.3, 0.4) is 0 Å². The number of aliphatic hydroxyl groups excluding tert-OH is 1. The summed E-state index contributed by atoms with van der Waals surface area (Å²) in [6.45, 7) is 6.57.